The van der Waals surface area contributed by atoms with Crippen molar-refractivity contribution in [3.05, 3.63) is 78.5 Å². The van der Waals surface area contributed by atoms with E-state index >= 15 is 0 Å². The lowest BCUT2D eigenvalue weighted by Crippen LogP contribution is -2.14. The molecule has 3 rings (SSSR count). The van der Waals surface area contributed by atoms with Crippen LogP contribution in [-0.4, -0.2) is 29.7 Å². The Morgan fingerprint density at radius 2 is 1.82 bits per heavy atom. The van der Waals surface area contributed by atoms with Crippen LogP contribution in [0.4, 0.5) is 11.5 Å². The Kier molecular flexibility index (Phi) is 6.64. The van der Waals surface area contributed by atoms with Crippen LogP contribution in [0.2, 0.25) is 0 Å². The fourth-order valence-corrected chi connectivity index (χ4v) is 3.13. The molecule has 0 aliphatic rings. The number of hydrogen-bond donors (Lipinski definition) is 2. The summed E-state index contributed by atoms with van der Waals surface area (Å²) in [6.07, 6.45) is 1.62. The summed E-state index contributed by atoms with van der Waals surface area (Å²) >= 11 is 1.38. The highest BCUT2D eigenvalue weighted by Gasteiger charge is 2.08. The number of nitrogens with zero attached hydrogens (tertiary/aromatic N) is 1. The van der Waals surface area contributed by atoms with Gasteiger partial charge in [-0.3, -0.25) is 9.59 Å². The summed E-state index contributed by atoms with van der Waals surface area (Å²) in [6, 6.07) is 19.6. The van der Waals surface area contributed by atoms with Crippen LogP contribution >= 0.6 is 11.8 Å². The average Bonchev–Trinajstić information content (AvgIpc) is 2.73. The zero-order valence-corrected chi connectivity index (χ0v) is 16.0. The molecule has 3 aromatic rings. The van der Waals surface area contributed by atoms with Gasteiger partial charge in [-0.15, -0.1) is 11.8 Å². The molecule has 1 aromatic heterocycles. The number of nitrogens with one attached hydrogen (secondary N) is 2. The fraction of sp³-hybridized carbons (Fsp3) is 0.0952. The lowest BCUT2D eigenvalue weighted by Gasteiger charge is -2.08. The second-order valence-corrected chi connectivity index (χ2v) is 6.81. The van der Waals surface area contributed by atoms with E-state index in [1.54, 1.807) is 55.8 Å². The second kappa shape index (κ2) is 9.57. The van der Waals surface area contributed by atoms with E-state index in [0.717, 1.165) is 4.90 Å². The van der Waals surface area contributed by atoms with Crippen molar-refractivity contribution in [2.45, 2.75) is 4.90 Å². The Morgan fingerprint density at radius 3 is 2.54 bits per heavy atom. The van der Waals surface area contributed by atoms with E-state index in [-0.39, 0.29) is 17.6 Å². The monoisotopic (exact) mass is 393 g/mol. The molecule has 1 heterocycles. The van der Waals surface area contributed by atoms with Crippen molar-refractivity contribution < 1.29 is 14.3 Å². The minimum absolute atomic E-state index is 0.142. The molecule has 0 saturated heterocycles. The molecule has 28 heavy (non-hydrogen) atoms. The van der Waals surface area contributed by atoms with E-state index in [1.165, 1.54) is 11.8 Å². The molecule has 0 unspecified atom stereocenters. The van der Waals surface area contributed by atoms with Crippen LogP contribution in [0.1, 0.15) is 10.4 Å². The van der Waals surface area contributed by atoms with Gasteiger partial charge in [-0.1, -0.05) is 12.1 Å². The zero-order valence-electron chi connectivity index (χ0n) is 15.2. The number of aromatic nitrogens is 1. The molecule has 0 radical (unpaired) electrons. The summed E-state index contributed by atoms with van der Waals surface area (Å²) in [4.78, 5) is 29.3. The van der Waals surface area contributed by atoms with Gasteiger partial charge in [0.2, 0.25) is 5.91 Å². The Labute approximate surface area is 167 Å². The van der Waals surface area contributed by atoms with Gasteiger partial charge in [0.05, 0.1) is 12.9 Å². The van der Waals surface area contributed by atoms with Gasteiger partial charge in [0.15, 0.2) is 0 Å². The number of rotatable bonds is 7. The van der Waals surface area contributed by atoms with Gasteiger partial charge in [0, 0.05) is 22.3 Å². The average molecular weight is 393 g/mol. The number of pyridine rings is 1. The molecule has 6 nitrogen and oxygen atoms in total. The summed E-state index contributed by atoms with van der Waals surface area (Å²) in [7, 11) is 1.58. The Hall–Kier alpha value is -3.32. The number of anilines is 2. The van der Waals surface area contributed by atoms with Gasteiger partial charge >= 0.3 is 0 Å². The van der Waals surface area contributed by atoms with E-state index in [4.69, 9.17) is 4.74 Å². The van der Waals surface area contributed by atoms with Gasteiger partial charge < -0.3 is 15.4 Å². The molecular formula is C21H19N3O3S. The van der Waals surface area contributed by atoms with Crippen LogP contribution in [0.25, 0.3) is 0 Å². The summed E-state index contributed by atoms with van der Waals surface area (Å²) in [5.74, 6) is 1.11. The molecule has 0 fully saturated rings. The third kappa shape index (κ3) is 5.59. The number of amides is 2. The molecule has 0 aliphatic heterocycles. The summed E-state index contributed by atoms with van der Waals surface area (Å²) in [5.41, 5.74) is 1.20. The highest BCUT2D eigenvalue weighted by atomic mass is 32.2. The van der Waals surface area contributed by atoms with Crippen LogP contribution in [0, 0.1) is 0 Å². The van der Waals surface area contributed by atoms with Crippen molar-refractivity contribution >= 4 is 35.1 Å². The number of thioether (sulfide) groups is 1. The maximum Gasteiger partial charge on any atom is 0.255 e. The zero-order chi connectivity index (χ0) is 19.8. The lowest BCUT2D eigenvalue weighted by molar-refractivity contribution is -0.113. The van der Waals surface area contributed by atoms with Crippen LogP contribution in [0.15, 0.2) is 77.8 Å². The van der Waals surface area contributed by atoms with Gasteiger partial charge in [0.25, 0.3) is 5.91 Å². The highest BCUT2D eigenvalue weighted by Crippen LogP contribution is 2.22. The Bertz CT molecular complexity index is 947. The minimum Gasteiger partial charge on any atom is -0.497 e. The molecule has 0 spiro atoms. The molecule has 0 bridgehead atoms. The second-order valence-electron chi connectivity index (χ2n) is 5.76. The molecule has 2 amide bonds. The third-order valence-corrected chi connectivity index (χ3v) is 4.74. The van der Waals surface area contributed by atoms with Crippen molar-refractivity contribution in [3.63, 3.8) is 0 Å². The first-order valence-electron chi connectivity index (χ1n) is 8.53. The van der Waals surface area contributed by atoms with Gasteiger partial charge in [-0.05, 0) is 54.6 Å². The Morgan fingerprint density at radius 1 is 1.00 bits per heavy atom. The molecule has 0 saturated carbocycles. The van der Waals surface area contributed by atoms with Crippen LogP contribution in [-0.2, 0) is 4.79 Å². The standard InChI is InChI=1S/C21H19N3O3S/c1-27-17-10-8-15(9-11-17)21(26)23-16-5-4-6-18(13-16)28-14-20(25)24-19-7-2-3-12-22-19/h2-13H,14H2,1H3,(H,23,26)(H,22,24,25). The molecule has 0 aliphatic carbocycles. The maximum atomic E-state index is 12.4. The Balaban J connectivity index is 1.55. The smallest absolute Gasteiger partial charge is 0.255 e. The number of ether oxygens (including phenoxy) is 1. The van der Waals surface area contributed by atoms with Crippen molar-refractivity contribution in [1.29, 1.82) is 0 Å². The van der Waals surface area contributed by atoms with Crippen molar-refractivity contribution in [1.82, 2.24) is 4.98 Å². The van der Waals surface area contributed by atoms with Gasteiger partial charge in [-0.25, -0.2) is 4.98 Å². The quantitative estimate of drug-likeness (QED) is 0.592. The van der Waals surface area contributed by atoms with E-state index in [1.807, 2.05) is 24.3 Å². The van der Waals surface area contributed by atoms with Crippen LogP contribution in [0.5, 0.6) is 5.75 Å². The molecular weight excluding hydrogens is 374 g/mol. The largest absolute Gasteiger partial charge is 0.497 e. The van der Waals surface area contributed by atoms with E-state index < -0.39 is 0 Å². The predicted molar refractivity (Wildman–Crippen MR) is 111 cm³/mol. The summed E-state index contributed by atoms with van der Waals surface area (Å²) in [5, 5.41) is 5.60. The number of carbonyl (C=O) groups excluding carboxylic acids is 2. The third-order valence-electron chi connectivity index (χ3n) is 3.75. The first-order chi connectivity index (χ1) is 13.6. The van der Waals surface area contributed by atoms with E-state index in [2.05, 4.69) is 15.6 Å². The summed E-state index contributed by atoms with van der Waals surface area (Å²) in [6.45, 7) is 0. The molecule has 142 valence electrons. The minimum atomic E-state index is -0.210. The predicted octanol–water partition coefficient (Wildman–Crippen LogP) is 4.07. The molecule has 0 atom stereocenters. The number of methoxy groups -OCH3 is 1. The van der Waals surface area contributed by atoms with Crippen LogP contribution < -0.4 is 15.4 Å². The first kappa shape index (κ1) is 19.4. The normalized spacial score (nSPS) is 10.2. The summed E-state index contributed by atoms with van der Waals surface area (Å²) < 4.78 is 5.10. The highest BCUT2D eigenvalue weighted by molar-refractivity contribution is 8.00. The molecule has 7 heteroatoms. The van der Waals surface area contributed by atoms with Crippen LogP contribution in [0.3, 0.4) is 0 Å². The number of hydrogen-bond acceptors (Lipinski definition) is 5. The topological polar surface area (TPSA) is 80.3 Å². The van der Waals surface area contributed by atoms with Crippen molar-refractivity contribution in [2.24, 2.45) is 0 Å². The van der Waals surface area contributed by atoms with Gasteiger partial charge in [0.1, 0.15) is 11.6 Å². The van der Waals surface area contributed by atoms with Gasteiger partial charge in [-0.2, -0.15) is 0 Å². The van der Waals surface area contributed by atoms with Crippen molar-refractivity contribution in [3.8, 4) is 5.75 Å². The SMILES string of the molecule is COc1ccc(C(=O)Nc2cccc(SCC(=O)Nc3ccccn3)c2)cc1. The molecule has 2 aromatic carbocycles. The first-order valence-corrected chi connectivity index (χ1v) is 9.52. The lowest BCUT2D eigenvalue weighted by atomic mass is 10.2. The fourth-order valence-electron chi connectivity index (χ4n) is 2.37. The number of benzene rings is 2. The number of carbonyl (C=O) groups is 2. The maximum absolute atomic E-state index is 12.4. The van der Waals surface area contributed by atoms with E-state index in [9.17, 15) is 9.59 Å². The molecule has 2 N–H and O–H groups in total. The van der Waals surface area contributed by atoms with Crippen molar-refractivity contribution in [2.75, 3.05) is 23.5 Å². The van der Waals surface area contributed by atoms with E-state index in [0.29, 0.717) is 22.8 Å².